The van der Waals surface area contributed by atoms with Crippen LogP contribution in [-0.2, 0) is 9.59 Å². The summed E-state index contributed by atoms with van der Waals surface area (Å²) in [4.78, 5) is 21.3. The molecule has 4 heteroatoms. The van der Waals surface area contributed by atoms with Crippen LogP contribution in [-0.4, -0.2) is 23.4 Å². The predicted octanol–water partition coefficient (Wildman–Crippen LogP) is 0.238. The lowest BCUT2D eigenvalue weighted by molar-refractivity contribution is -0.133. The van der Waals surface area contributed by atoms with E-state index in [0.717, 1.165) is 6.29 Å². The average Bonchev–Trinajstić information content (AvgIpc) is 2.60. The molecule has 72 valence electrons. The molecule has 2 atom stereocenters. The second kappa shape index (κ2) is 3.14. The Hall–Kier alpha value is -1.84. The van der Waals surface area contributed by atoms with Crippen LogP contribution in [0.25, 0.3) is 0 Å². The molecule has 2 rings (SSSR count). The first kappa shape index (κ1) is 8.74. The largest absolute Gasteiger partial charge is 0.477 e. The molecule has 0 bridgehead atoms. The molecule has 0 aromatic heterocycles. The van der Waals surface area contributed by atoms with Crippen LogP contribution < -0.4 is 5.32 Å². The number of carbonyl (C=O) groups is 2. The quantitative estimate of drug-likeness (QED) is 0.613. The van der Waals surface area contributed by atoms with Gasteiger partial charge in [-0.1, -0.05) is 18.2 Å². The highest BCUT2D eigenvalue weighted by Crippen LogP contribution is 2.26. The van der Waals surface area contributed by atoms with E-state index in [1.807, 2.05) is 6.08 Å². The van der Waals surface area contributed by atoms with E-state index in [4.69, 9.17) is 5.11 Å². The summed E-state index contributed by atoms with van der Waals surface area (Å²) in [5, 5.41) is 11.6. The van der Waals surface area contributed by atoms with Gasteiger partial charge >= 0.3 is 5.97 Å². The summed E-state index contributed by atoms with van der Waals surface area (Å²) in [5.41, 5.74) is 0.754. The summed E-state index contributed by atoms with van der Waals surface area (Å²) < 4.78 is 0. The lowest BCUT2D eigenvalue weighted by atomic mass is 9.91. The Labute approximate surface area is 80.6 Å². The van der Waals surface area contributed by atoms with Gasteiger partial charge in [-0.15, -0.1) is 0 Å². The van der Waals surface area contributed by atoms with Crippen LogP contribution in [0.1, 0.15) is 0 Å². The van der Waals surface area contributed by atoms with Crippen molar-refractivity contribution in [2.45, 2.75) is 6.04 Å². The molecule has 1 heterocycles. The summed E-state index contributed by atoms with van der Waals surface area (Å²) in [7, 11) is 0. The Bertz CT molecular complexity index is 379. The van der Waals surface area contributed by atoms with Crippen molar-refractivity contribution >= 4 is 12.3 Å². The Balaban J connectivity index is 2.27. The van der Waals surface area contributed by atoms with Crippen LogP contribution in [0, 0.1) is 5.92 Å². The second-order valence-corrected chi connectivity index (χ2v) is 3.25. The number of aliphatic carboxylic acids is 1. The Morgan fingerprint density at radius 3 is 3.00 bits per heavy atom. The third-order valence-electron chi connectivity index (χ3n) is 2.40. The highest BCUT2D eigenvalue weighted by molar-refractivity contribution is 5.88. The molecule has 2 N–H and O–H groups in total. The molecular weight excluding hydrogens is 182 g/mol. The van der Waals surface area contributed by atoms with Gasteiger partial charge in [-0.3, -0.25) is 4.79 Å². The number of allylic oxidation sites excluding steroid dienone is 2. The summed E-state index contributed by atoms with van der Waals surface area (Å²) >= 11 is 0. The Morgan fingerprint density at radius 1 is 1.57 bits per heavy atom. The van der Waals surface area contributed by atoms with Gasteiger partial charge < -0.3 is 10.4 Å². The van der Waals surface area contributed by atoms with Gasteiger partial charge in [-0.05, 0) is 6.08 Å². The number of nitrogens with one attached hydrogen (secondary N) is 1. The summed E-state index contributed by atoms with van der Waals surface area (Å²) in [6, 6.07) is -0.205. The third kappa shape index (κ3) is 1.25. The third-order valence-corrected chi connectivity index (χ3v) is 2.40. The molecule has 2 unspecified atom stereocenters. The van der Waals surface area contributed by atoms with Crippen LogP contribution in [0.2, 0.25) is 0 Å². The van der Waals surface area contributed by atoms with Crippen molar-refractivity contribution in [3.05, 3.63) is 35.6 Å². The van der Waals surface area contributed by atoms with Crippen LogP contribution >= 0.6 is 0 Å². The van der Waals surface area contributed by atoms with Crippen LogP contribution in [0.4, 0.5) is 0 Å². The Kier molecular flexibility index (Phi) is 1.96. The number of hydrogen-bond acceptors (Lipinski definition) is 3. The number of carbonyl (C=O) groups excluding carboxylic acids is 1. The van der Waals surface area contributed by atoms with Gasteiger partial charge in [-0.2, -0.15) is 0 Å². The minimum Gasteiger partial charge on any atom is -0.477 e. The van der Waals surface area contributed by atoms with Gasteiger partial charge in [-0.25, -0.2) is 4.79 Å². The summed E-state index contributed by atoms with van der Waals surface area (Å²) in [6.45, 7) is 0. The molecule has 4 nitrogen and oxygen atoms in total. The number of aldehydes is 1. The van der Waals surface area contributed by atoms with E-state index in [1.54, 1.807) is 18.2 Å². The Morgan fingerprint density at radius 2 is 2.36 bits per heavy atom. The normalized spacial score (nSPS) is 28.6. The lowest BCUT2D eigenvalue weighted by Gasteiger charge is -2.19. The first-order chi connectivity index (χ1) is 6.72. The molecule has 1 aliphatic carbocycles. The topological polar surface area (TPSA) is 66.4 Å². The number of hydrogen-bond donors (Lipinski definition) is 2. The summed E-state index contributed by atoms with van der Waals surface area (Å²) in [5.74, 6) is -1.01. The van der Waals surface area contributed by atoms with E-state index in [-0.39, 0.29) is 17.7 Å². The molecule has 0 spiro atoms. The van der Waals surface area contributed by atoms with Crippen molar-refractivity contribution in [3.63, 3.8) is 0 Å². The van der Waals surface area contributed by atoms with E-state index in [9.17, 15) is 9.59 Å². The number of carboxylic acids is 1. The van der Waals surface area contributed by atoms with E-state index in [2.05, 4.69) is 5.32 Å². The van der Waals surface area contributed by atoms with Gasteiger partial charge in [0.25, 0.3) is 0 Å². The first-order valence-corrected chi connectivity index (χ1v) is 4.27. The number of carboxylic acid groups (broad SMARTS) is 1. The van der Waals surface area contributed by atoms with Crippen molar-refractivity contribution in [1.29, 1.82) is 0 Å². The molecule has 0 saturated carbocycles. The summed E-state index contributed by atoms with van der Waals surface area (Å²) in [6.07, 6.45) is 7.72. The smallest absolute Gasteiger partial charge is 0.351 e. The average molecular weight is 191 g/mol. The van der Waals surface area contributed by atoms with Gasteiger partial charge in [0, 0.05) is 11.5 Å². The molecule has 1 aliphatic heterocycles. The van der Waals surface area contributed by atoms with Gasteiger partial charge in [0.15, 0.2) is 0 Å². The van der Waals surface area contributed by atoms with Gasteiger partial charge in [0.05, 0.1) is 6.04 Å². The SMILES string of the molecule is O=CC1=CC=CC2C=C(C(=O)O)NC12. The zero-order valence-corrected chi connectivity index (χ0v) is 7.31. The molecule has 0 fully saturated rings. The van der Waals surface area contributed by atoms with E-state index in [0.29, 0.717) is 5.57 Å². The molecule has 0 saturated heterocycles. The zero-order valence-electron chi connectivity index (χ0n) is 7.31. The van der Waals surface area contributed by atoms with Crippen molar-refractivity contribution < 1.29 is 14.7 Å². The second-order valence-electron chi connectivity index (χ2n) is 3.25. The van der Waals surface area contributed by atoms with Crippen LogP contribution in [0.5, 0.6) is 0 Å². The van der Waals surface area contributed by atoms with Gasteiger partial charge in [0.2, 0.25) is 0 Å². The maximum atomic E-state index is 10.7. The lowest BCUT2D eigenvalue weighted by Crippen LogP contribution is -2.33. The minimum absolute atomic E-state index is 0.0219. The van der Waals surface area contributed by atoms with E-state index < -0.39 is 5.97 Å². The van der Waals surface area contributed by atoms with E-state index >= 15 is 0 Å². The zero-order chi connectivity index (χ0) is 10.1. The first-order valence-electron chi connectivity index (χ1n) is 4.27. The molecule has 0 amide bonds. The maximum absolute atomic E-state index is 10.7. The fourth-order valence-electron chi connectivity index (χ4n) is 1.72. The minimum atomic E-state index is -0.988. The standard InChI is InChI=1S/C10H9NO3/c12-5-7-3-1-2-6-4-8(10(13)14)11-9(6)7/h1-6,9,11H,(H,13,14). The van der Waals surface area contributed by atoms with Crippen molar-refractivity contribution in [3.8, 4) is 0 Å². The maximum Gasteiger partial charge on any atom is 0.351 e. The molecule has 2 aliphatic rings. The molecule has 0 aromatic carbocycles. The number of rotatable bonds is 2. The highest BCUT2D eigenvalue weighted by Gasteiger charge is 2.31. The van der Waals surface area contributed by atoms with Crippen LogP contribution in [0.3, 0.4) is 0 Å². The van der Waals surface area contributed by atoms with Gasteiger partial charge in [0.1, 0.15) is 12.0 Å². The predicted molar refractivity (Wildman–Crippen MR) is 49.4 cm³/mol. The van der Waals surface area contributed by atoms with Crippen molar-refractivity contribution in [2.24, 2.45) is 5.92 Å². The fraction of sp³-hybridized carbons (Fsp3) is 0.200. The van der Waals surface area contributed by atoms with Crippen molar-refractivity contribution in [1.82, 2.24) is 5.32 Å². The molecule has 14 heavy (non-hydrogen) atoms. The molecular formula is C10H9NO3. The van der Waals surface area contributed by atoms with Crippen molar-refractivity contribution in [2.75, 3.05) is 0 Å². The number of fused-ring (bicyclic) bond motifs is 1. The molecule has 0 aromatic rings. The molecule has 0 radical (unpaired) electrons. The van der Waals surface area contributed by atoms with Crippen LogP contribution in [0.15, 0.2) is 35.6 Å². The highest BCUT2D eigenvalue weighted by atomic mass is 16.4. The van der Waals surface area contributed by atoms with E-state index in [1.165, 1.54) is 0 Å². The monoisotopic (exact) mass is 191 g/mol. The fourth-order valence-corrected chi connectivity index (χ4v) is 1.72.